The van der Waals surface area contributed by atoms with Gasteiger partial charge in [0, 0.05) is 25.6 Å². The Morgan fingerprint density at radius 1 is 0.864 bits per heavy atom. The Hall–Kier alpha value is -5.90. The van der Waals surface area contributed by atoms with Crippen LogP contribution in [-0.2, 0) is 30.3 Å². The number of tetrazole rings is 1. The Morgan fingerprint density at radius 3 is 2.08 bits per heavy atom. The van der Waals surface area contributed by atoms with Crippen LogP contribution in [-0.4, -0.2) is 114 Å². The predicted octanol–water partition coefficient (Wildman–Crippen LogP) is 5.19. The Bertz CT molecular complexity index is 2160. The van der Waals surface area contributed by atoms with Gasteiger partial charge >= 0.3 is 24.3 Å². The number of likely N-dealkylation sites (tertiary alicyclic amines) is 1. The van der Waals surface area contributed by atoms with Crippen molar-refractivity contribution < 1.29 is 50.1 Å². The van der Waals surface area contributed by atoms with Gasteiger partial charge in [-0.25, -0.2) is 14.6 Å². The van der Waals surface area contributed by atoms with Gasteiger partial charge in [-0.1, -0.05) is 67.1 Å². The van der Waals surface area contributed by atoms with Gasteiger partial charge in [0.25, 0.3) is 0 Å². The zero-order valence-corrected chi connectivity index (χ0v) is 31.4. The Kier molecular flexibility index (Phi) is 12.3. The van der Waals surface area contributed by atoms with Gasteiger partial charge in [0.15, 0.2) is 41.5 Å². The highest BCUT2D eigenvalue weighted by Gasteiger charge is 2.57. The smallest absolute Gasteiger partial charge is 0.448 e. The summed E-state index contributed by atoms with van der Waals surface area (Å²) in [6.45, 7) is 4.90. The van der Waals surface area contributed by atoms with Crippen molar-refractivity contribution in [1.82, 2.24) is 44.6 Å². The van der Waals surface area contributed by atoms with Gasteiger partial charge in [-0.3, -0.25) is 4.57 Å². The number of aryl methyl sites for hydroxylation is 1. The van der Waals surface area contributed by atoms with E-state index in [1.807, 2.05) is 60.7 Å². The molecule has 0 unspecified atom stereocenters. The van der Waals surface area contributed by atoms with Gasteiger partial charge < -0.3 is 29.7 Å². The second-order valence-electron chi connectivity index (χ2n) is 13.8. The SMILES string of the molecule is CCn1nnc([C@H]2O[C@@H](n3cnc4c(NCC(c5ccccc5)c5ccccc5)nc(NCCN5CCCCC5)nc43)[C@H](OC(=O)C(F)(F)F)[C@@H]2OC(=O)C(F)(F)F)n1. The molecule has 5 heterocycles. The number of hydrogen-bond donors (Lipinski definition) is 2. The molecule has 2 aliphatic heterocycles. The number of nitrogens with zero attached hydrogens (tertiary/aromatic N) is 9. The number of carbonyl (C=O) groups excluding carboxylic acids is 2. The second-order valence-corrected chi connectivity index (χ2v) is 13.8. The summed E-state index contributed by atoms with van der Waals surface area (Å²) in [6, 6.07) is 19.3. The Balaban J connectivity index is 1.30. The summed E-state index contributed by atoms with van der Waals surface area (Å²) in [5.41, 5.74) is 1.96. The predicted molar refractivity (Wildman–Crippen MR) is 196 cm³/mol. The summed E-state index contributed by atoms with van der Waals surface area (Å²) in [4.78, 5) is 41.7. The molecule has 0 bridgehead atoms. The highest BCUT2D eigenvalue weighted by atomic mass is 19.4. The minimum absolute atomic E-state index is 0.0701. The fraction of sp³-hybridized carbons (Fsp3) is 0.459. The Morgan fingerprint density at radius 2 is 1.49 bits per heavy atom. The van der Waals surface area contributed by atoms with Gasteiger partial charge in [0.05, 0.1) is 12.9 Å². The molecule has 2 aromatic carbocycles. The van der Waals surface area contributed by atoms with Crippen LogP contribution in [0.2, 0.25) is 0 Å². The van der Waals surface area contributed by atoms with Crippen LogP contribution in [0.5, 0.6) is 0 Å². The minimum atomic E-state index is -5.61. The molecule has 4 atom stereocenters. The molecule has 2 N–H and O–H groups in total. The summed E-state index contributed by atoms with van der Waals surface area (Å²) in [5, 5.41) is 18.1. The van der Waals surface area contributed by atoms with Gasteiger partial charge in [0.1, 0.15) is 0 Å². The van der Waals surface area contributed by atoms with Crippen molar-refractivity contribution in [2.45, 2.75) is 75.5 Å². The van der Waals surface area contributed by atoms with Crippen molar-refractivity contribution >= 4 is 34.9 Å². The number of nitrogens with one attached hydrogen (secondary N) is 2. The molecule has 0 spiro atoms. The van der Waals surface area contributed by atoms with Gasteiger partial charge in [-0.05, 0) is 49.2 Å². The number of ether oxygens (including phenoxy) is 3. The normalized spacial score (nSPS) is 20.2. The van der Waals surface area contributed by atoms with Crippen LogP contribution in [0.1, 0.15) is 61.4 Å². The van der Waals surface area contributed by atoms with Gasteiger partial charge in [-0.15, -0.1) is 10.2 Å². The van der Waals surface area contributed by atoms with E-state index in [4.69, 9.17) is 19.2 Å². The van der Waals surface area contributed by atoms with Crippen molar-refractivity contribution in [3.8, 4) is 0 Å². The molecule has 314 valence electrons. The monoisotopic (exact) mass is 831 g/mol. The third-order valence-electron chi connectivity index (χ3n) is 9.88. The molecule has 0 aliphatic carbocycles. The summed E-state index contributed by atoms with van der Waals surface area (Å²) >= 11 is 0. The molecule has 2 aliphatic rings. The van der Waals surface area contributed by atoms with Gasteiger partial charge in [-0.2, -0.15) is 41.1 Å². The number of imidazole rings is 1. The summed E-state index contributed by atoms with van der Waals surface area (Å²) in [7, 11) is 0. The van der Waals surface area contributed by atoms with Crippen LogP contribution < -0.4 is 10.6 Å². The van der Waals surface area contributed by atoms with E-state index in [0.717, 1.165) is 59.2 Å². The molecule has 0 amide bonds. The van der Waals surface area contributed by atoms with E-state index < -0.39 is 54.7 Å². The number of rotatable bonds is 14. The van der Waals surface area contributed by atoms with E-state index in [9.17, 15) is 35.9 Å². The van der Waals surface area contributed by atoms with Crippen LogP contribution in [0.15, 0.2) is 67.0 Å². The molecular weight excluding hydrogens is 792 g/mol. The standard InChI is InChI=1S/C37H39F6N11O5/c1-2-54-50-30(49-51-54)27-26(58-33(55)36(38,39)40)28(59-34(56)37(41,42)43)32(57-27)53-21-46-25-29(47-35(48-31(25)53)44-16-19-52-17-10-5-11-18-52)45-20-24(22-12-6-3-7-13-22)23-14-8-4-9-15-23/h3-4,6-9,12-15,21,24,26-28,32H,2,5,10-11,16-20H2,1H3,(H2,44,45,47,48)/t26-,27+,28-,32-/m1/s1. The second kappa shape index (κ2) is 17.5. The number of fused-ring (bicyclic) bond motifs is 1. The molecule has 2 saturated heterocycles. The number of anilines is 2. The minimum Gasteiger partial charge on any atom is -0.448 e. The average Bonchev–Trinajstić information content (AvgIpc) is 3.96. The highest BCUT2D eigenvalue weighted by Crippen LogP contribution is 2.44. The number of piperidine rings is 1. The van der Waals surface area contributed by atoms with E-state index in [1.54, 1.807) is 6.92 Å². The number of carbonyl (C=O) groups is 2. The average molecular weight is 832 g/mol. The molecule has 7 rings (SSSR count). The van der Waals surface area contributed by atoms with Gasteiger partial charge in [0.2, 0.25) is 11.8 Å². The number of halogens is 6. The van der Waals surface area contributed by atoms with E-state index >= 15 is 0 Å². The zero-order chi connectivity index (χ0) is 41.7. The van der Waals surface area contributed by atoms with Crippen molar-refractivity contribution in [2.24, 2.45) is 0 Å². The maximum absolute atomic E-state index is 13.7. The first-order valence-electron chi connectivity index (χ1n) is 18.8. The van der Waals surface area contributed by atoms with Crippen molar-refractivity contribution in [3.63, 3.8) is 0 Å². The lowest BCUT2D eigenvalue weighted by Gasteiger charge is -2.26. The number of benzene rings is 2. The Labute approximate surface area is 332 Å². The van der Waals surface area contributed by atoms with Crippen LogP contribution in [0.3, 0.4) is 0 Å². The van der Waals surface area contributed by atoms with Crippen molar-refractivity contribution in [2.75, 3.05) is 43.4 Å². The van der Waals surface area contributed by atoms with Crippen LogP contribution >= 0.6 is 0 Å². The lowest BCUT2D eigenvalue weighted by molar-refractivity contribution is -0.221. The topological polar surface area (TPSA) is 176 Å². The fourth-order valence-corrected chi connectivity index (χ4v) is 7.02. The van der Waals surface area contributed by atoms with E-state index in [-0.39, 0.29) is 41.9 Å². The number of alkyl halides is 6. The number of esters is 2. The molecule has 5 aromatic rings. The largest absolute Gasteiger partial charge is 0.490 e. The van der Waals surface area contributed by atoms with Crippen molar-refractivity contribution in [3.05, 3.63) is 83.9 Å². The third kappa shape index (κ3) is 9.54. The molecule has 2 fully saturated rings. The maximum Gasteiger partial charge on any atom is 0.490 e. The first kappa shape index (κ1) is 41.3. The highest BCUT2D eigenvalue weighted by molar-refractivity contribution is 5.84. The summed E-state index contributed by atoms with van der Waals surface area (Å²) < 4.78 is 98.6. The molecule has 22 heteroatoms. The third-order valence-corrected chi connectivity index (χ3v) is 9.88. The van der Waals surface area contributed by atoms with Crippen molar-refractivity contribution in [1.29, 1.82) is 0 Å². The fourth-order valence-electron chi connectivity index (χ4n) is 7.02. The summed E-state index contributed by atoms with van der Waals surface area (Å²) in [5.74, 6) is -5.97. The number of hydrogen-bond acceptors (Lipinski definition) is 14. The molecule has 0 saturated carbocycles. The number of aromatic nitrogens is 8. The first-order valence-corrected chi connectivity index (χ1v) is 18.8. The summed E-state index contributed by atoms with van der Waals surface area (Å²) in [6.07, 6.45) is -15.4. The molecule has 16 nitrogen and oxygen atoms in total. The lowest BCUT2D eigenvalue weighted by atomic mass is 9.91. The van der Waals surface area contributed by atoms with Crippen LogP contribution in [0.4, 0.5) is 38.1 Å². The maximum atomic E-state index is 13.7. The van der Waals surface area contributed by atoms with Crippen LogP contribution in [0.25, 0.3) is 11.2 Å². The first-order chi connectivity index (χ1) is 28.3. The molecule has 0 radical (unpaired) electrons. The molecule has 59 heavy (non-hydrogen) atoms. The lowest BCUT2D eigenvalue weighted by Crippen LogP contribution is -2.42. The van der Waals surface area contributed by atoms with E-state index in [2.05, 4.69) is 40.9 Å². The molecule has 3 aromatic heterocycles. The zero-order valence-electron chi connectivity index (χ0n) is 31.4. The molecular formula is C37H39F6N11O5. The van der Waals surface area contributed by atoms with E-state index in [0.29, 0.717) is 13.1 Å². The van der Waals surface area contributed by atoms with E-state index in [1.165, 1.54) is 0 Å². The quantitative estimate of drug-likeness (QED) is 0.110. The van der Waals surface area contributed by atoms with Crippen LogP contribution in [0, 0.1) is 0 Å².